The first-order chi connectivity index (χ1) is 12.1. The van der Waals surface area contributed by atoms with Gasteiger partial charge in [0.15, 0.2) is 5.67 Å². The highest BCUT2D eigenvalue weighted by Crippen LogP contribution is 2.27. The summed E-state index contributed by atoms with van der Waals surface area (Å²) in [5.41, 5.74) is -0.567. The lowest BCUT2D eigenvalue weighted by molar-refractivity contribution is -0.135. The second kappa shape index (κ2) is 7.38. The molecule has 2 aromatic heterocycles. The molecule has 130 valence electrons. The molecule has 1 aliphatic heterocycles. The predicted molar refractivity (Wildman–Crippen MR) is 89.3 cm³/mol. The monoisotopic (exact) mass is 342 g/mol. The number of aromatic nitrogens is 2. The van der Waals surface area contributed by atoms with E-state index >= 15 is 0 Å². The summed E-state index contributed by atoms with van der Waals surface area (Å²) in [6, 6.07) is 6.78. The summed E-state index contributed by atoms with van der Waals surface area (Å²) >= 11 is 0. The zero-order valence-electron chi connectivity index (χ0n) is 13.7. The van der Waals surface area contributed by atoms with Crippen LogP contribution >= 0.6 is 0 Å². The molecular formula is C18H19FN4O2. The van der Waals surface area contributed by atoms with E-state index < -0.39 is 11.6 Å². The van der Waals surface area contributed by atoms with E-state index in [9.17, 15) is 14.0 Å². The second-order valence-corrected chi connectivity index (χ2v) is 6.03. The van der Waals surface area contributed by atoms with Gasteiger partial charge >= 0.3 is 0 Å². The first-order valence-electron chi connectivity index (χ1n) is 8.14. The Bertz CT molecular complexity index is 731. The Hall–Kier alpha value is -2.83. The predicted octanol–water partition coefficient (Wildman–Crippen LogP) is 1.74. The zero-order chi connectivity index (χ0) is 17.7. The number of nitrogens with zero attached hydrogens (tertiary/aromatic N) is 3. The van der Waals surface area contributed by atoms with Gasteiger partial charge < -0.3 is 10.2 Å². The van der Waals surface area contributed by atoms with Crippen LogP contribution in [0, 0.1) is 0 Å². The number of carbonyl (C=O) groups excluding carboxylic acids is 2. The van der Waals surface area contributed by atoms with E-state index in [0.717, 1.165) is 5.56 Å². The SMILES string of the molecule is O=C(c1ccncc1)N1CCC(F)(C(=O)NCc2ccncc2)CC1. The zero-order valence-corrected chi connectivity index (χ0v) is 13.7. The largest absolute Gasteiger partial charge is 0.349 e. The molecule has 0 unspecified atom stereocenters. The van der Waals surface area contributed by atoms with Gasteiger partial charge in [0.25, 0.3) is 11.8 Å². The van der Waals surface area contributed by atoms with Crippen molar-refractivity contribution in [2.45, 2.75) is 25.1 Å². The molecule has 3 heterocycles. The van der Waals surface area contributed by atoms with Gasteiger partial charge in [-0.25, -0.2) is 4.39 Å². The molecule has 0 atom stereocenters. The molecule has 0 aliphatic carbocycles. The second-order valence-electron chi connectivity index (χ2n) is 6.03. The third-order valence-electron chi connectivity index (χ3n) is 4.38. The van der Waals surface area contributed by atoms with Crippen molar-refractivity contribution >= 4 is 11.8 Å². The van der Waals surface area contributed by atoms with Crippen LogP contribution in [0.15, 0.2) is 49.1 Å². The molecule has 0 bridgehead atoms. The van der Waals surface area contributed by atoms with E-state index in [4.69, 9.17) is 0 Å². The number of amides is 2. The molecule has 1 saturated heterocycles. The maximum absolute atomic E-state index is 14.9. The molecule has 6 nitrogen and oxygen atoms in total. The van der Waals surface area contributed by atoms with Crippen molar-refractivity contribution in [3.63, 3.8) is 0 Å². The number of pyridine rings is 2. The first kappa shape index (κ1) is 17.0. The number of hydrogen-bond acceptors (Lipinski definition) is 4. The molecule has 0 saturated carbocycles. The van der Waals surface area contributed by atoms with Gasteiger partial charge in [0.2, 0.25) is 0 Å². The van der Waals surface area contributed by atoms with Crippen LogP contribution in [-0.4, -0.2) is 45.4 Å². The van der Waals surface area contributed by atoms with E-state index in [1.54, 1.807) is 54.0 Å². The number of likely N-dealkylation sites (tertiary alicyclic amines) is 1. The van der Waals surface area contributed by atoms with Crippen LogP contribution in [0.1, 0.15) is 28.8 Å². The highest BCUT2D eigenvalue weighted by molar-refractivity contribution is 5.94. The quantitative estimate of drug-likeness (QED) is 0.918. The van der Waals surface area contributed by atoms with Crippen LogP contribution in [0.2, 0.25) is 0 Å². The van der Waals surface area contributed by atoms with Crippen molar-refractivity contribution in [3.8, 4) is 0 Å². The minimum atomic E-state index is -1.94. The fourth-order valence-electron chi connectivity index (χ4n) is 2.81. The minimum Gasteiger partial charge on any atom is -0.349 e. The van der Waals surface area contributed by atoms with Gasteiger partial charge in [-0.1, -0.05) is 0 Å². The average molecular weight is 342 g/mol. The van der Waals surface area contributed by atoms with Crippen LogP contribution in [0.3, 0.4) is 0 Å². The van der Waals surface area contributed by atoms with Gasteiger partial charge in [-0.3, -0.25) is 19.6 Å². The van der Waals surface area contributed by atoms with E-state index in [2.05, 4.69) is 15.3 Å². The molecule has 1 N–H and O–H groups in total. The Morgan fingerprint density at radius 3 is 2.20 bits per heavy atom. The van der Waals surface area contributed by atoms with Gasteiger partial charge in [0.1, 0.15) is 0 Å². The molecule has 7 heteroatoms. The van der Waals surface area contributed by atoms with Crippen LogP contribution in [0.25, 0.3) is 0 Å². The van der Waals surface area contributed by atoms with E-state index in [0.29, 0.717) is 5.56 Å². The fourth-order valence-corrected chi connectivity index (χ4v) is 2.81. The lowest BCUT2D eigenvalue weighted by Crippen LogP contribution is -2.52. The summed E-state index contributed by atoms with van der Waals surface area (Å²) < 4.78 is 14.9. The molecule has 3 rings (SSSR count). The van der Waals surface area contributed by atoms with Gasteiger partial charge in [0.05, 0.1) is 0 Å². The van der Waals surface area contributed by atoms with Gasteiger partial charge in [-0.05, 0) is 29.8 Å². The molecule has 25 heavy (non-hydrogen) atoms. The van der Waals surface area contributed by atoms with Crippen molar-refractivity contribution in [2.24, 2.45) is 0 Å². The Labute approximate surface area is 145 Å². The molecule has 1 aliphatic rings. The molecule has 0 spiro atoms. The Balaban J connectivity index is 1.55. The topological polar surface area (TPSA) is 75.2 Å². The number of halogens is 1. The maximum Gasteiger partial charge on any atom is 0.258 e. The number of rotatable bonds is 4. The summed E-state index contributed by atoms with van der Waals surface area (Å²) in [5, 5.41) is 2.63. The molecular weight excluding hydrogens is 323 g/mol. The number of hydrogen-bond donors (Lipinski definition) is 1. The third-order valence-corrected chi connectivity index (χ3v) is 4.38. The van der Waals surface area contributed by atoms with Crippen molar-refractivity contribution < 1.29 is 14.0 Å². The summed E-state index contributed by atoms with van der Waals surface area (Å²) in [7, 11) is 0. The van der Waals surface area contributed by atoms with E-state index in [1.165, 1.54) is 0 Å². The number of piperidine rings is 1. The molecule has 2 aromatic rings. The van der Waals surface area contributed by atoms with Gasteiger partial charge in [-0.15, -0.1) is 0 Å². The smallest absolute Gasteiger partial charge is 0.258 e. The fraction of sp³-hybridized carbons (Fsp3) is 0.333. The van der Waals surface area contributed by atoms with Crippen LogP contribution in [0.5, 0.6) is 0 Å². The lowest BCUT2D eigenvalue weighted by Gasteiger charge is -2.35. The van der Waals surface area contributed by atoms with Crippen LogP contribution < -0.4 is 5.32 Å². The number of nitrogens with one attached hydrogen (secondary N) is 1. The van der Waals surface area contributed by atoms with Gasteiger partial charge in [-0.2, -0.15) is 0 Å². The maximum atomic E-state index is 14.9. The normalized spacial score (nSPS) is 16.3. The standard InChI is InChI=1S/C18H19FN4O2/c19-18(17(25)22-13-14-1-7-20-8-2-14)5-11-23(12-6-18)16(24)15-3-9-21-10-4-15/h1-4,7-10H,5-6,11-13H2,(H,22,25). The summed E-state index contributed by atoms with van der Waals surface area (Å²) in [5.74, 6) is -0.790. The minimum absolute atomic E-state index is 0.00793. The van der Waals surface area contributed by atoms with Crippen LogP contribution in [0.4, 0.5) is 4.39 Å². The molecule has 0 aromatic carbocycles. The summed E-state index contributed by atoms with van der Waals surface area (Å²) in [6.45, 7) is 0.674. The Morgan fingerprint density at radius 1 is 1.04 bits per heavy atom. The van der Waals surface area contributed by atoms with Crippen molar-refractivity contribution in [2.75, 3.05) is 13.1 Å². The highest BCUT2D eigenvalue weighted by Gasteiger charge is 2.42. The molecule has 1 fully saturated rings. The molecule has 0 radical (unpaired) electrons. The average Bonchev–Trinajstić information content (AvgIpc) is 2.67. The first-order valence-corrected chi connectivity index (χ1v) is 8.14. The lowest BCUT2D eigenvalue weighted by atomic mass is 9.92. The van der Waals surface area contributed by atoms with Crippen molar-refractivity contribution in [1.82, 2.24) is 20.2 Å². The third kappa shape index (κ3) is 3.99. The van der Waals surface area contributed by atoms with Crippen molar-refractivity contribution in [1.29, 1.82) is 0 Å². The highest BCUT2D eigenvalue weighted by atomic mass is 19.1. The Kier molecular flexibility index (Phi) is 5.02. The molecule has 2 amide bonds. The number of carbonyl (C=O) groups is 2. The van der Waals surface area contributed by atoms with E-state index in [1.807, 2.05) is 0 Å². The van der Waals surface area contributed by atoms with Gasteiger partial charge in [0, 0.05) is 62.8 Å². The Morgan fingerprint density at radius 2 is 1.60 bits per heavy atom. The summed E-state index contributed by atoms with van der Waals surface area (Å²) in [6.07, 6.45) is 6.32. The van der Waals surface area contributed by atoms with Crippen LogP contribution in [-0.2, 0) is 11.3 Å². The van der Waals surface area contributed by atoms with Crippen molar-refractivity contribution in [3.05, 3.63) is 60.2 Å². The van der Waals surface area contributed by atoms with E-state index in [-0.39, 0.29) is 38.4 Å². The summed E-state index contributed by atoms with van der Waals surface area (Å²) in [4.78, 5) is 33.9. The number of alkyl halides is 1.